The average Bonchev–Trinajstić information content (AvgIpc) is 1.93. The standard InChI is InChI=1S/C8H17N/c1-7-4-2-3-5-8(9)6-7/h7-8H,2-6,9H2,1H3/t7-,8+/m0/s1. The third-order valence-corrected chi connectivity index (χ3v) is 2.23. The molecule has 1 heteroatoms. The maximum atomic E-state index is 5.83. The van der Waals surface area contributed by atoms with E-state index in [0.29, 0.717) is 6.04 Å². The van der Waals surface area contributed by atoms with Gasteiger partial charge in [-0.05, 0) is 18.8 Å². The van der Waals surface area contributed by atoms with Crippen molar-refractivity contribution < 1.29 is 0 Å². The Balaban J connectivity index is 2.29. The van der Waals surface area contributed by atoms with Gasteiger partial charge in [0.15, 0.2) is 0 Å². The fraction of sp³-hybridized carbons (Fsp3) is 1.00. The van der Waals surface area contributed by atoms with Gasteiger partial charge in [0.25, 0.3) is 0 Å². The minimum atomic E-state index is 0.502. The normalized spacial score (nSPS) is 38.0. The summed E-state index contributed by atoms with van der Waals surface area (Å²) in [5.41, 5.74) is 5.83. The highest BCUT2D eigenvalue weighted by Crippen LogP contribution is 2.20. The van der Waals surface area contributed by atoms with Crippen molar-refractivity contribution in [3.05, 3.63) is 0 Å². The lowest BCUT2D eigenvalue weighted by atomic mass is 10.0. The van der Waals surface area contributed by atoms with Crippen molar-refractivity contribution in [2.24, 2.45) is 11.7 Å². The monoisotopic (exact) mass is 127 g/mol. The molecule has 0 bridgehead atoms. The van der Waals surface area contributed by atoms with E-state index in [4.69, 9.17) is 5.73 Å². The summed E-state index contributed by atoms with van der Waals surface area (Å²) in [7, 11) is 0. The van der Waals surface area contributed by atoms with Crippen molar-refractivity contribution in [3.8, 4) is 0 Å². The van der Waals surface area contributed by atoms with Crippen molar-refractivity contribution in [3.63, 3.8) is 0 Å². The van der Waals surface area contributed by atoms with Gasteiger partial charge in [0.2, 0.25) is 0 Å². The molecule has 0 saturated heterocycles. The molecule has 0 aromatic rings. The average molecular weight is 127 g/mol. The van der Waals surface area contributed by atoms with Gasteiger partial charge in [-0.15, -0.1) is 0 Å². The van der Waals surface area contributed by atoms with Gasteiger partial charge in [0.05, 0.1) is 0 Å². The topological polar surface area (TPSA) is 26.0 Å². The third-order valence-electron chi connectivity index (χ3n) is 2.23. The molecule has 0 aromatic heterocycles. The van der Waals surface area contributed by atoms with Crippen LogP contribution in [0.1, 0.15) is 39.0 Å². The van der Waals surface area contributed by atoms with Crippen molar-refractivity contribution in [2.75, 3.05) is 0 Å². The van der Waals surface area contributed by atoms with E-state index < -0.39 is 0 Å². The summed E-state index contributed by atoms with van der Waals surface area (Å²) in [5, 5.41) is 0. The minimum Gasteiger partial charge on any atom is -0.328 e. The highest BCUT2D eigenvalue weighted by Gasteiger charge is 2.12. The van der Waals surface area contributed by atoms with Crippen LogP contribution in [0.2, 0.25) is 0 Å². The lowest BCUT2D eigenvalue weighted by molar-refractivity contribution is 0.469. The summed E-state index contributed by atoms with van der Waals surface area (Å²) >= 11 is 0. The van der Waals surface area contributed by atoms with Crippen LogP contribution in [0, 0.1) is 5.92 Å². The van der Waals surface area contributed by atoms with E-state index in [0.717, 1.165) is 5.92 Å². The van der Waals surface area contributed by atoms with E-state index in [-0.39, 0.29) is 0 Å². The first kappa shape index (κ1) is 7.07. The van der Waals surface area contributed by atoms with Crippen molar-refractivity contribution in [2.45, 2.75) is 45.1 Å². The van der Waals surface area contributed by atoms with E-state index in [1.54, 1.807) is 0 Å². The number of nitrogens with two attached hydrogens (primary N) is 1. The van der Waals surface area contributed by atoms with Gasteiger partial charge in [0, 0.05) is 6.04 Å². The SMILES string of the molecule is C[C@H]1CCCC[C@@H](N)C1. The quantitative estimate of drug-likeness (QED) is 0.494. The molecule has 0 aliphatic heterocycles. The van der Waals surface area contributed by atoms with Gasteiger partial charge in [-0.1, -0.05) is 26.2 Å². The first-order chi connectivity index (χ1) is 4.29. The summed E-state index contributed by atoms with van der Waals surface area (Å²) in [5.74, 6) is 0.877. The van der Waals surface area contributed by atoms with Crippen LogP contribution < -0.4 is 5.73 Å². The second-order valence-electron chi connectivity index (χ2n) is 3.39. The zero-order valence-electron chi connectivity index (χ0n) is 6.27. The van der Waals surface area contributed by atoms with E-state index in [1.165, 1.54) is 32.1 Å². The minimum absolute atomic E-state index is 0.502. The Bertz CT molecular complexity index is 70.6. The van der Waals surface area contributed by atoms with Gasteiger partial charge in [-0.25, -0.2) is 0 Å². The molecular weight excluding hydrogens is 110 g/mol. The Hall–Kier alpha value is -0.0400. The highest BCUT2D eigenvalue weighted by atomic mass is 14.6. The molecule has 0 heterocycles. The molecule has 0 unspecified atom stereocenters. The summed E-state index contributed by atoms with van der Waals surface area (Å²) in [6.07, 6.45) is 6.65. The van der Waals surface area contributed by atoms with Crippen molar-refractivity contribution >= 4 is 0 Å². The molecule has 9 heavy (non-hydrogen) atoms. The zero-order valence-corrected chi connectivity index (χ0v) is 6.27. The summed E-state index contributed by atoms with van der Waals surface area (Å²) in [6, 6.07) is 0.502. The maximum Gasteiger partial charge on any atom is 0.00413 e. The number of hydrogen-bond acceptors (Lipinski definition) is 1. The van der Waals surface area contributed by atoms with E-state index in [9.17, 15) is 0 Å². The molecule has 2 N–H and O–H groups in total. The first-order valence-corrected chi connectivity index (χ1v) is 4.04. The molecule has 0 amide bonds. The van der Waals surface area contributed by atoms with Crippen LogP contribution >= 0.6 is 0 Å². The molecule has 1 aliphatic rings. The van der Waals surface area contributed by atoms with Gasteiger partial charge < -0.3 is 5.73 Å². The Morgan fingerprint density at radius 2 is 1.89 bits per heavy atom. The molecule has 54 valence electrons. The van der Waals surface area contributed by atoms with Crippen LogP contribution in [0.15, 0.2) is 0 Å². The van der Waals surface area contributed by atoms with Crippen LogP contribution in [0.4, 0.5) is 0 Å². The Morgan fingerprint density at radius 1 is 1.22 bits per heavy atom. The van der Waals surface area contributed by atoms with Crippen LogP contribution in [-0.4, -0.2) is 6.04 Å². The second kappa shape index (κ2) is 3.21. The number of hydrogen-bond donors (Lipinski definition) is 1. The fourth-order valence-corrected chi connectivity index (χ4v) is 1.65. The van der Waals surface area contributed by atoms with Gasteiger partial charge >= 0.3 is 0 Å². The zero-order chi connectivity index (χ0) is 6.69. The summed E-state index contributed by atoms with van der Waals surface area (Å²) in [6.45, 7) is 2.31. The molecule has 1 aliphatic carbocycles. The highest BCUT2D eigenvalue weighted by molar-refractivity contribution is 4.69. The Labute approximate surface area is 57.6 Å². The maximum absolute atomic E-state index is 5.83. The summed E-state index contributed by atoms with van der Waals surface area (Å²) < 4.78 is 0. The van der Waals surface area contributed by atoms with Crippen LogP contribution in [0.25, 0.3) is 0 Å². The molecule has 1 rings (SSSR count). The second-order valence-corrected chi connectivity index (χ2v) is 3.39. The third kappa shape index (κ3) is 2.35. The van der Waals surface area contributed by atoms with E-state index >= 15 is 0 Å². The molecule has 0 aromatic carbocycles. The Morgan fingerprint density at radius 3 is 2.67 bits per heavy atom. The van der Waals surface area contributed by atoms with Gasteiger partial charge in [-0.3, -0.25) is 0 Å². The molecule has 0 spiro atoms. The summed E-state index contributed by atoms with van der Waals surface area (Å²) in [4.78, 5) is 0. The largest absolute Gasteiger partial charge is 0.328 e. The Kier molecular flexibility index (Phi) is 2.52. The molecular formula is C8H17N. The molecule has 0 radical (unpaired) electrons. The van der Waals surface area contributed by atoms with Crippen molar-refractivity contribution in [1.29, 1.82) is 0 Å². The predicted octanol–water partition coefficient (Wildman–Crippen LogP) is 1.91. The first-order valence-electron chi connectivity index (χ1n) is 4.04. The molecule has 1 fully saturated rings. The van der Waals surface area contributed by atoms with Gasteiger partial charge in [-0.2, -0.15) is 0 Å². The van der Waals surface area contributed by atoms with Crippen LogP contribution in [-0.2, 0) is 0 Å². The lowest BCUT2D eigenvalue weighted by Gasteiger charge is -2.10. The molecule has 1 saturated carbocycles. The van der Waals surface area contributed by atoms with Crippen molar-refractivity contribution in [1.82, 2.24) is 0 Å². The van der Waals surface area contributed by atoms with Crippen LogP contribution in [0.3, 0.4) is 0 Å². The van der Waals surface area contributed by atoms with E-state index in [2.05, 4.69) is 6.92 Å². The lowest BCUT2D eigenvalue weighted by Crippen LogP contribution is -2.20. The molecule has 1 nitrogen and oxygen atoms in total. The van der Waals surface area contributed by atoms with Gasteiger partial charge in [0.1, 0.15) is 0 Å². The smallest absolute Gasteiger partial charge is 0.00413 e. The molecule has 2 atom stereocenters. The predicted molar refractivity (Wildman–Crippen MR) is 40.2 cm³/mol. The number of rotatable bonds is 0. The fourth-order valence-electron chi connectivity index (χ4n) is 1.65. The van der Waals surface area contributed by atoms with E-state index in [1.807, 2.05) is 0 Å². The van der Waals surface area contributed by atoms with Crippen LogP contribution in [0.5, 0.6) is 0 Å².